The average Bonchev–Trinajstić information content (AvgIpc) is 2.73. The van der Waals surface area contributed by atoms with E-state index >= 15 is 0 Å². The van der Waals surface area contributed by atoms with E-state index in [1.165, 1.54) is 0 Å². The van der Waals surface area contributed by atoms with Crippen molar-refractivity contribution in [3.05, 3.63) is 35.5 Å². The van der Waals surface area contributed by atoms with Crippen LogP contribution in [-0.2, 0) is 23.0 Å². The molecule has 1 N–H and O–H groups in total. The summed E-state index contributed by atoms with van der Waals surface area (Å²) in [6.45, 7) is 0.801. The standard InChI is InChI=1S/C15H18N2O4/c1-17-12-6-4-3-5-10(12)11(14(17)15(19)20)9-13(18)16-7-8-21-2/h3-6H,7-9H2,1-2H3,(H,16,18)(H,19,20)/p-1. The first kappa shape index (κ1) is 15.1. The smallest absolute Gasteiger partial charge is 0.224 e. The van der Waals surface area contributed by atoms with Gasteiger partial charge in [0.05, 0.1) is 24.7 Å². The topological polar surface area (TPSA) is 83.4 Å². The number of aromatic nitrogens is 1. The third-order valence-corrected chi connectivity index (χ3v) is 3.37. The molecule has 0 unspecified atom stereocenters. The third-order valence-electron chi connectivity index (χ3n) is 3.37. The van der Waals surface area contributed by atoms with Gasteiger partial charge in [-0.2, -0.15) is 0 Å². The van der Waals surface area contributed by atoms with Crippen molar-refractivity contribution in [2.24, 2.45) is 7.05 Å². The van der Waals surface area contributed by atoms with E-state index in [9.17, 15) is 14.7 Å². The number of fused-ring (bicyclic) bond motifs is 1. The van der Waals surface area contributed by atoms with E-state index in [1.54, 1.807) is 24.8 Å². The number of carbonyl (C=O) groups excluding carboxylic acids is 2. The lowest BCUT2D eigenvalue weighted by Gasteiger charge is -2.09. The average molecular weight is 289 g/mol. The lowest BCUT2D eigenvalue weighted by molar-refractivity contribution is -0.255. The van der Waals surface area contributed by atoms with Crippen LogP contribution < -0.4 is 10.4 Å². The maximum Gasteiger partial charge on any atom is 0.224 e. The SMILES string of the molecule is COCCNC(=O)Cc1c(C(=O)[O-])n(C)c2ccccc12. The molecule has 0 saturated heterocycles. The lowest BCUT2D eigenvalue weighted by Crippen LogP contribution is -2.30. The van der Waals surface area contributed by atoms with Gasteiger partial charge < -0.3 is 24.5 Å². The van der Waals surface area contributed by atoms with Crippen molar-refractivity contribution in [3.8, 4) is 0 Å². The second kappa shape index (κ2) is 6.41. The fourth-order valence-corrected chi connectivity index (χ4v) is 2.43. The van der Waals surface area contributed by atoms with Crippen LogP contribution in [-0.4, -0.2) is 36.7 Å². The maximum atomic E-state index is 11.9. The molecule has 1 amide bonds. The normalized spacial score (nSPS) is 10.8. The molecule has 0 spiro atoms. The van der Waals surface area contributed by atoms with Gasteiger partial charge in [0.25, 0.3) is 0 Å². The van der Waals surface area contributed by atoms with Gasteiger partial charge >= 0.3 is 0 Å². The summed E-state index contributed by atoms with van der Waals surface area (Å²) in [7, 11) is 3.20. The summed E-state index contributed by atoms with van der Waals surface area (Å²) < 4.78 is 6.40. The van der Waals surface area contributed by atoms with E-state index in [1.807, 2.05) is 18.2 Å². The molecule has 1 heterocycles. The number of carbonyl (C=O) groups is 2. The zero-order chi connectivity index (χ0) is 15.4. The van der Waals surface area contributed by atoms with Gasteiger partial charge in [-0.3, -0.25) is 4.79 Å². The van der Waals surface area contributed by atoms with Gasteiger partial charge in [-0.05, 0) is 11.6 Å². The Hall–Kier alpha value is -2.34. The molecule has 0 aliphatic heterocycles. The molecule has 1 aromatic heterocycles. The van der Waals surface area contributed by atoms with E-state index in [-0.39, 0.29) is 18.0 Å². The number of nitrogens with zero attached hydrogens (tertiary/aromatic N) is 1. The Labute approximate surface area is 122 Å². The molecule has 6 heteroatoms. The van der Waals surface area contributed by atoms with Gasteiger partial charge in [0, 0.05) is 31.6 Å². The summed E-state index contributed by atoms with van der Waals surface area (Å²) in [6, 6.07) is 7.26. The van der Waals surface area contributed by atoms with Crippen molar-refractivity contribution < 1.29 is 19.4 Å². The predicted molar refractivity (Wildman–Crippen MR) is 75.8 cm³/mol. The Kier molecular flexibility index (Phi) is 4.59. The first-order valence-electron chi connectivity index (χ1n) is 6.59. The first-order chi connectivity index (χ1) is 10.1. The highest BCUT2D eigenvalue weighted by molar-refractivity contribution is 5.99. The van der Waals surface area contributed by atoms with Crippen molar-refractivity contribution in [1.82, 2.24) is 9.88 Å². The molecule has 0 fully saturated rings. The molecule has 21 heavy (non-hydrogen) atoms. The monoisotopic (exact) mass is 289 g/mol. The van der Waals surface area contributed by atoms with E-state index < -0.39 is 5.97 Å². The van der Waals surface area contributed by atoms with Crippen LogP contribution in [0.15, 0.2) is 24.3 Å². The quantitative estimate of drug-likeness (QED) is 0.749. The second-order valence-corrected chi connectivity index (χ2v) is 4.71. The van der Waals surface area contributed by atoms with Gasteiger partial charge in [-0.1, -0.05) is 18.2 Å². The predicted octanol–water partition coefficient (Wildman–Crippen LogP) is -0.153. The summed E-state index contributed by atoms with van der Waals surface area (Å²) in [5, 5.41) is 14.8. The molecule has 0 aliphatic rings. The molecule has 0 bridgehead atoms. The Balaban J connectivity index is 2.35. The Morgan fingerprint density at radius 3 is 2.71 bits per heavy atom. The van der Waals surface area contributed by atoms with Crippen LogP contribution >= 0.6 is 0 Å². The van der Waals surface area contributed by atoms with Gasteiger partial charge in [0.2, 0.25) is 5.91 Å². The Morgan fingerprint density at radius 2 is 2.05 bits per heavy atom. The highest BCUT2D eigenvalue weighted by Crippen LogP contribution is 2.25. The molecule has 2 aromatic rings. The molecular formula is C15H17N2O4-. The summed E-state index contributed by atoms with van der Waals surface area (Å²) in [5.74, 6) is -1.53. The number of amides is 1. The largest absolute Gasteiger partial charge is 0.543 e. The molecule has 6 nitrogen and oxygen atoms in total. The van der Waals surface area contributed by atoms with E-state index in [2.05, 4.69) is 5.32 Å². The number of rotatable bonds is 6. The molecule has 0 radical (unpaired) electrons. The number of para-hydroxylation sites is 1. The second-order valence-electron chi connectivity index (χ2n) is 4.71. The fraction of sp³-hybridized carbons (Fsp3) is 0.333. The molecule has 0 atom stereocenters. The minimum absolute atomic E-state index is 0.00557. The number of nitrogens with one attached hydrogen (secondary N) is 1. The van der Waals surface area contributed by atoms with Gasteiger partial charge in [0.15, 0.2) is 0 Å². The molecule has 0 saturated carbocycles. The van der Waals surface area contributed by atoms with Crippen molar-refractivity contribution in [2.45, 2.75) is 6.42 Å². The summed E-state index contributed by atoms with van der Waals surface area (Å²) >= 11 is 0. The van der Waals surface area contributed by atoms with Crippen LogP contribution in [0.2, 0.25) is 0 Å². The van der Waals surface area contributed by atoms with Crippen molar-refractivity contribution >= 4 is 22.8 Å². The van der Waals surface area contributed by atoms with Crippen molar-refractivity contribution in [2.75, 3.05) is 20.3 Å². The van der Waals surface area contributed by atoms with Crippen LogP contribution in [0.5, 0.6) is 0 Å². The summed E-state index contributed by atoms with van der Waals surface area (Å²) in [4.78, 5) is 23.3. The fourth-order valence-electron chi connectivity index (χ4n) is 2.43. The summed E-state index contributed by atoms with van der Waals surface area (Å²) in [5.41, 5.74) is 1.28. The zero-order valence-corrected chi connectivity index (χ0v) is 12.0. The molecule has 112 valence electrons. The van der Waals surface area contributed by atoms with E-state index in [0.29, 0.717) is 18.7 Å². The van der Waals surface area contributed by atoms with Crippen LogP contribution in [0.4, 0.5) is 0 Å². The number of hydrogen-bond donors (Lipinski definition) is 1. The van der Waals surface area contributed by atoms with Gasteiger partial charge in [-0.25, -0.2) is 0 Å². The summed E-state index contributed by atoms with van der Waals surface area (Å²) in [6.07, 6.45) is -0.00557. The number of hydrogen-bond acceptors (Lipinski definition) is 4. The molecular weight excluding hydrogens is 272 g/mol. The number of methoxy groups -OCH3 is 1. The van der Waals surface area contributed by atoms with Crippen molar-refractivity contribution in [3.63, 3.8) is 0 Å². The van der Waals surface area contributed by atoms with Crippen molar-refractivity contribution in [1.29, 1.82) is 0 Å². The van der Waals surface area contributed by atoms with Crippen LogP contribution in [0.3, 0.4) is 0 Å². The first-order valence-corrected chi connectivity index (χ1v) is 6.59. The van der Waals surface area contributed by atoms with Crippen LogP contribution in [0.1, 0.15) is 16.1 Å². The minimum Gasteiger partial charge on any atom is -0.543 e. The Bertz CT molecular complexity index is 676. The number of aryl methyl sites for hydroxylation is 1. The number of ether oxygens (including phenoxy) is 1. The molecule has 1 aromatic carbocycles. The van der Waals surface area contributed by atoms with Crippen LogP contribution in [0, 0.1) is 0 Å². The third kappa shape index (κ3) is 3.05. The van der Waals surface area contributed by atoms with E-state index in [0.717, 1.165) is 10.9 Å². The highest BCUT2D eigenvalue weighted by atomic mass is 16.5. The van der Waals surface area contributed by atoms with E-state index in [4.69, 9.17) is 4.74 Å². The highest BCUT2D eigenvalue weighted by Gasteiger charge is 2.17. The molecule has 2 rings (SSSR count). The number of carboxylic acids is 1. The number of carboxylic acid groups (broad SMARTS) is 1. The zero-order valence-electron chi connectivity index (χ0n) is 12.0. The maximum absolute atomic E-state index is 11.9. The molecule has 0 aliphatic carbocycles. The van der Waals surface area contributed by atoms with Crippen LogP contribution in [0.25, 0.3) is 10.9 Å². The minimum atomic E-state index is -1.28. The Morgan fingerprint density at radius 1 is 1.33 bits per heavy atom. The lowest BCUT2D eigenvalue weighted by atomic mass is 10.1. The number of aromatic carboxylic acids is 1. The van der Waals surface area contributed by atoms with Gasteiger partial charge in [-0.15, -0.1) is 0 Å². The van der Waals surface area contributed by atoms with Gasteiger partial charge in [0.1, 0.15) is 0 Å². The number of benzene rings is 1.